The molecule has 2 heterocycles. The van der Waals surface area contributed by atoms with Gasteiger partial charge in [-0.3, -0.25) is 4.79 Å². The smallest absolute Gasteiger partial charge is 0.265 e. The van der Waals surface area contributed by atoms with Gasteiger partial charge in [-0.1, -0.05) is 29.5 Å². The lowest BCUT2D eigenvalue weighted by atomic mass is 10.2. The topological polar surface area (TPSA) is 92.1 Å². The summed E-state index contributed by atoms with van der Waals surface area (Å²) in [4.78, 5) is 16.9. The molecule has 0 unspecified atom stereocenters. The second-order valence-corrected chi connectivity index (χ2v) is 5.89. The van der Waals surface area contributed by atoms with Crippen LogP contribution in [0.3, 0.4) is 0 Å². The van der Waals surface area contributed by atoms with Gasteiger partial charge in [0.05, 0.1) is 0 Å². The molecule has 1 saturated heterocycles. The molecule has 6 nitrogen and oxygen atoms in total. The summed E-state index contributed by atoms with van der Waals surface area (Å²) in [5.41, 5.74) is 6.77. The van der Waals surface area contributed by atoms with Gasteiger partial charge in [-0.05, 0) is 25.1 Å². The van der Waals surface area contributed by atoms with Gasteiger partial charge in [0.15, 0.2) is 5.13 Å². The number of amides is 1. The lowest BCUT2D eigenvalue weighted by Gasteiger charge is -2.09. The van der Waals surface area contributed by atoms with Crippen LogP contribution in [0.25, 0.3) is 0 Å². The molecule has 0 bridgehead atoms. The summed E-state index contributed by atoms with van der Waals surface area (Å²) < 4.78 is 0. The molecular weight excluding hydrogens is 286 g/mol. The average molecular weight is 303 g/mol. The third kappa shape index (κ3) is 3.32. The Morgan fingerprint density at radius 2 is 2.19 bits per heavy atom. The van der Waals surface area contributed by atoms with Crippen LogP contribution >= 0.6 is 11.3 Å². The van der Waals surface area contributed by atoms with Crippen molar-refractivity contribution >= 4 is 33.9 Å². The van der Waals surface area contributed by atoms with Crippen molar-refractivity contribution in [1.82, 2.24) is 15.6 Å². The van der Waals surface area contributed by atoms with E-state index in [2.05, 4.69) is 20.9 Å². The molecule has 0 radical (unpaired) electrons. The molecule has 21 heavy (non-hydrogen) atoms. The molecule has 1 amide bonds. The monoisotopic (exact) mass is 303 g/mol. The molecule has 1 aromatic heterocycles. The standard InChI is InChI=1S/C14H17N5OS/c15-12-11(13(20)17-10-6-7-16-8-10)21-14(19-12)18-9-4-2-1-3-5-9/h1-5,10,16H,6-8,15H2,(H,17,20)(H,18,19)/t10-/m0/s1. The normalized spacial score (nSPS) is 17.6. The van der Waals surface area contributed by atoms with Crippen LogP contribution in [0.1, 0.15) is 16.1 Å². The highest BCUT2D eigenvalue weighted by molar-refractivity contribution is 7.18. The van der Waals surface area contributed by atoms with E-state index in [1.54, 1.807) is 0 Å². The van der Waals surface area contributed by atoms with E-state index in [-0.39, 0.29) is 17.8 Å². The van der Waals surface area contributed by atoms with Gasteiger partial charge in [-0.2, -0.15) is 0 Å². The molecule has 0 aliphatic carbocycles. The molecule has 0 saturated carbocycles. The first-order chi connectivity index (χ1) is 10.2. The Morgan fingerprint density at radius 1 is 1.38 bits per heavy atom. The summed E-state index contributed by atoms with van der Waals surface area (Å²) in [6.45, 7) is 1.74. The molecule has 7 heteroatoms. The summed E-state index contributed by atoms with van der Waals surface area (Å²) in [5, 5.41) is 9.95. The number of nitrogens with two attached hydrogens (primary N) is 1. The van der Waals surface area contributed by atoms with E-state index in [9.17, 15) is 4.79 Å². The van der Waals surface area contributed by atoms with Crippen molar-refractivity contribution in [3.05, 3.63) is 35.2 Å². The molecule has 2 aromatic rings. The fourth-order valence-electron chi connectivity index (χ4n) is 2.22. The highest BCUT2D eigenvalue weighted by Crippen LogP contribution is 2.27. The van der Waals surface area contributed by atoms with E-state index in [4.69, 9.17) is 5.73 Å². The number of carbonyl (C=O) groups is 1. The Labute approximate surface area is 126 Å². The highest BCUT2D eigenvalue weighted by atomic mass is 32.1. The van der Waals surface area contributed by atoms with Crippen LogP contribution in [-0.4, -0.2) is 30.0 Å². The van der Waals surface area contributed by atoms with E-state index in [0.29, 0.717) is 10.0 Å². The SMILES string of the molecule is Nc1nc(Nc2ccccc2)sc1C(=O)N[C@H]1CCNC1. The molecule has 0 spiro atoms. The Kier molecular flexibility index (Phi) is 4.03. The van der Waals surface area contributed by atoms with Crippen LogP contribution in [0, 0.1) is 0 Å². The minimum absolute atomic E-state index is 0.153. The first kappa shape index (κ1) is 13.8. The van der Waals surface area contributed by atoms with E-state index < -0.39 is 0 Å². The molecular formula is C14H17N5OS. The average Bonchev–Trinajstić information content (AvgIpc) is 3.10. The maximum absolute atomic E-state index is 12.2. The second kappa shape index (κ2) is 6.11. The third-order valence-corrected chi connectivity index (χ3v) is 4.27. The fraction of sp³-hybridized carbons (Fsp3) is 0.286. The molecule has 3 rings (SSSR count). The van der Waals surface area contributed by atoms with E-state index in [1.807, 2.05) is 30.3 Å². The number of anilines is 3. The van der Waals surface area contributed by atoms with Crippen LogP contribution in [0.2, 0.25) is 0 Å². The van der Waals surface area contributed by atoms with Crippen molar-refractivity contribution in [3.63, 3.8) is 0 Å². The molecule has 110 valence electrons. The quantitative estimate of drug-likeness (QED) is 0.688. The zero-order valence-electron chi connectivity index (χ0n) is 11.4. The van der Waals surface area contributed by atoms with Gasteiger partial charge in [0.25, 0.3) is 5.91 Å². The number of benzene rings is 1. The zero-order valence-corrected chi connectivity index (χ0v) is 12.2. The molecule has 1 aromatic carbocycles. The highest BCUT2D eigenvalue weighted by Gasteiger charge is 2.21. The van der Waals surface area contributed by atoms with Crippen LogP contribution in [0.15, 0.2) is 30.3 Å². The van der Waals surface area contributed by atoms with E-state index in [0.717, 1.165) is 25.2 Å². The van der Waals surface area contributed by atoms with Crippen LogP contribution in [0.4, 0.5) is 16.6 Å². The van der Waals surface area contributed by atoms with Crippen LogP contribution in [0.5, 0.6) is 0 Å². The lowest BCUT2D eigenvalue weighted by molar-refractivity contribution is 0.0945. The Bertz CT molecular complexity index is 622. The summed E-state index contributed by atoms with van der Waals surface area (Å²) in [6, 6.07) is 9.84. The van der Waals surface area contributed by atoms with Gasteiger partial charge in [0.2, 0.25) is 0 Å². The minimum Gasteiger partial charge on any atom is -0.382 e. The van der Waals surface area contributed by atoms with Crippen LogP contribution < -0.4 is 21.7 Å². The number of rotatable bonds is 4. The van der Waals surface area contributed by atoms with Crippen molar-refractivity contribution in [2.24, 2.45) is 0 Å². The maximum atomic E-state index is 12.2. The summed E-state index contributed by atoms with van der Waals surface area (Å²) in [5.74, 6) is 0.113. The number of nitrogens with zero attached hydrogens (tertiary/aromatic N) is 1. The van der Waals surface area contributed by atoms with Crippen molar-refractivity contribution in [2.75, 3.05) is 24.1 Å². The number of thiazole rings is 1. The first-order valence-corrected chi connectivity index (χ1v) is 7.64. The van der Waals surface area contributed by atoms with Crippen molar-refractivity contribution < 1.29 is 4.79 Å². The third-order valence-electron chi connectivity index (χ3n) is 3.28. The Morgan fingerprint density at radius 3 is 2.90 bits per heavy atom. The zero-order chi connectivity index (χ0) is 14.7. The number of aromatic nitrogens is 1. The van der Waals surface area contributed by atoms with Crippen molar-refractivity contribution in [1.29, 1.82) is 0 Å². The number of nitrogen functional groups attached to an aromatic ring is 1. The predicted octanol–water partition coefficient (Wildman–Crippen LogP) is 1.56. The second-order valence-electron chi connectivity index (χ2n) is 4.89. The van der Waals surface area contributed by atoms with Gasteiger partial charge in [-0.15, -0.1) is 0 Å². The Hall–Kier alpha value is -2.12. The summed E-state index contributed by atoms with van der Waals surface area (Å²) >= 11 is 1.27. The molecule has 1 aliphatic rings. The maximum Gasteiger partial charge on any atom is 0.265 e. The van der Waals surface area contributed by atoms with Gasteiger partial charge >= 0.3 is 0 Å². The summed E-state index contributed by atoms with van der Waals surface area (Å²) in [7, 11) is 0. The van der Waals surface area contributed by atoms with Gasteiger partial charge in [0, 0.05) is 18.3 Å². The van der Waals surface area contributed by atoms with Gasteiger partial charge < -0.3 is 21.7 Å². The van der Waals surface area contributed by atoms with E-state index in [1.165, 1.54) is 11.3 Å². The number of para-hydroxylation sites is 1. The van der Waals surface area contributed by atoms with Crippen LogP contribution in [-0.2, 0) is 0 Å². The molecule has 1 aliphatic heterocycles. The van der Waals surface area contributed by atoms with E-state index >= 15 is 0 Å². The van der Waals surface area contributed by atoms with Gasteiger partial charge in [-0.25, -0.2) is 4.98 Å². The van der Waals surface area contributed by atoms with Crippen molar-refractivity contribution in [2.45, 2.75) is 12.5 Å². The van der Waals surface area contributed by atoms with Crippen molar-refractivity contribution in [3.8, 4) is 0 Å². The Balaban J connectivity index is 1.70. The molecule has 5 N–H and O–H groups in total. The largest absolute Gasteiger partial charge is 0.382 e. The molecule has 1 fully saturated rings. The number of hydrogen-bond acceptors (Lipinski definition) is 6. The van der Waals surface area contributed by atoms with Gasteiger partial charge in [0.1, 0.15) is 10.7 Å². The molecule has 1 atom stereocenters. The lowest BCUT2D eigenvalue weighted by Crippen LogP contribution is -2.36. The summed E-state index contributed by atoms with van der Waals surface area (Å²) in [6.07, 6.45) is 0.944. The first-order valence-electron chi connectivity index (χ1n) is 6.82. The number of carbonyl (C=O) groups excluding carboxylic acids is 1. The number of hydrogen-bond donors (Lipinski definition) is 4. The fourth-order valence-corrected chi connectivity index (χ4v) is 3.03. The minimum atomic E-state index is -0.153. The predicted molar refractivity (Wildman–Crippen MR) is 85.0 cm³/mol. The number of nitrogens with one attached hydrogen (secondary N) is 3.